The van der Waals surface area contributed by atoms with E-state index < -0.39 is 12.0 Å². The van der Waals surface area contributed by atoms with Crippen molar-refractivity contribution >= 4 is 23.3 Å². The van der Waals surface area contributed by atoms with E-state index >= 15 is 0 Å². The van der Waals surface area contributed by atoms with Gasteiger partial charge >= 0.3 is 5.97 Å². The van der Waals surface area contributed by atoms with Gasteiger partial charge in [-0.2, -0.15) is 0 Å². The van der Waals surface area contributed by atoms with E-state index in [0.29, 0.717) is 47.0 Å². The first-order valence-corrected chi connectivity index (χ1v) is 10.0. The van der Waals surface area contributed by atoms with Crippen molar-refractivity contribution in [2.75, 3.05) is 34.0 Å². The summed E-state index contributed by atoms with van der Waals surface area (Å²) in [6.45, 7) is 7.22. The number of ether oxygens (including phenoxy) is 4. The number of rotatable bonds is 10. The Morgan fingerprint density at radius 3 is 2.59 bits per heavy atom. The number of benzene rings is 1. The molecule has 0 spiro atoms. The van der Waals surface area contributed by atoms with Crippen LogP contribution in [0.15, 0.2) is 29.5 Å². The van der Waals surface area contributed by atoms with Crippen LogP contribution < -0.4 is 20.1 Å². The first-order chi connectivity index (χ1) is 13.9. The number of carbonyl (C=O) groups excluding carboxylic acids is 1. The standard InChI is InChI=1S/C21H30N2O5S/c1-13(2)8-9-27-16-7-6-15(12-17(16)26-5)19-18(14(3)22-21(29)23-19)20(24)28-11-10-25-4/h6-7,12-13,19H,8-11H2,1-5H3,(H2,22,23,29)/t19-/m1/s1. The van der Waals surface area contributed by atoms with Gasteiger partial charge in [0.25, 0.3) is 0 Å². The number of carbonyl (C=O) groups is 1. The molecule has 2 rings (SSSR count). The normalized spacial score (nSPS) is 16.3. The molecule has 0 amide bonds. The van der Waals surface area contributed by atoms with E-state index in [-0.39, 0.29) is 6.61 Å². The summed E-state index contributed by atoms with van der Waals surface area (Å²) in [7, 11) is 3.15. The molecule has 29 heavy (non-hydrogen) atoms. The molecule has 0 radical (unpaired) electrons. The summed E-state index contributed by atoms with van der Waals surface area (Å²) in [5, 5.41) is 6.58. The van der Waals surface area contributed by atoms with Gasteiger partial charge in [-0.25, -0.2) is 4.79 Å². The largest absolute Gasteiger partial charge is 0.493 e. The second-order valence-electron chi connectivity index (χ2n) is 7.14. The zero-order valence-corrected chi connectivity index (χ0v) is 18.5. The highest BCUT2D eigenvalue weighted by atomic mass is 32.1. The molecule has 0 fully saturated rings. The van der Waals surface area contributed by atoms with E-state index in [0.717, 1.165) is 12.0 Å². The second kappa shape index (κ2) is 11.0. The summed E-state index contributed by atoms with van der Waals surface area (Å²) in [6, 6.07) is 5.14. The van der Waals surface area contributed by atoms with Crippen molar-refractivity contribution in [1.29, 1.82) is 0 Å². The Kier molecular flexibility index (Phi) is 8.72. The van der Waals surface area contributed by atoms with Crippen molar-refractivity contribution in [2.45, 2.75) is 33.2 Å². The summed E-state index contributed by atoms with van der Waals surface area (Å²) in [5.41, 5.74) is 1.93. The third-order valence-corrected chi connectivity index (χ3v) is 4.70. The molecule has 2 N–H and O–H groups in total. The molecule has 1 heterocycles. The number of thiocarbonyl (C=S) groups is 1. The number of hydrogen-bond acceptors (Lipinski definition) is 6. The van der Waals surface area contributed by atoms with Crippen LogP contribution in [-0.2, 0) is 14.3 Å². The van der Waals surface area contributed by atoms with Gasteiger partial charge in [0, 0.05) is 12.8 Å². The minimum Gasteiger partial charge on any atom is -0.493 e. The predicted molar refractivity (Wildman–Crippen MR) is 115 cm³/mol. The summed E-state index contributed by atoms with van der Waals surface area (Å²) in [5.74, 6) is 1.39. The molecule has 0 aliphatic carbocycles. The van der Waals surface area contributed by atoms with Crippen molar-refractivity contribution in [3.8, 4) is 11.5 Å². The third kappa shape index (κ3) is 6.33. The molecule has 1 aromatic carbocycles. The Hall–Kier alpha value is -2.32. The fraction of sp³-hybridized carbons (Fsp3) is 0.524. The summed E-state index contributed by atoms with van der Waals surface area (Å²) < 4.78 is 21.7. The number of allylic oxidation sites excluding steroid dienone is 1. The molecular formula is C21H30N2O5S. The highest BCUT2D eigenvalue weighted by Crippen LogP contribution is 2.34. The molecule has 0 unspecified atom stereocenters. The molecule has 0 saturated carbocycles. The molecule has 8 heteroatoms. The lowest BCUT2D eigenvalue weighted by Gasteiger charge is -2.30. The van der Waals surface area contributed by atoms with Crippen LogP contribution in [0.2, 0.25) is 0 Å². The molecule has 160 valence electrons. The molecule has 1 aromatic rings. The molecule has 0 bridgehead atoms. The molecule has 7 nitrogen and oxygen atoms in total. The minimum atomic E-state index is -0.461. The van der Waals surface area contributed by atoms with E-state index in [9.17, 15) is 4.79 Å². The summed E-state index contributed by atoms with van der Waals surface area (Å²) in [6.07, 6.45) is 0.953. The number of esters is 1. The Morgan fingerprint density at radius 2 is 1.93 bits per heavy atom. The van der Waals surface area contributed by atoms with E-state index in [4.69, 9.17) is 31.2 Å². The molecule has 1 aliphatic heterocycles. The zero-order valence-electron chi connectivity index (χ0n) is 17.7. The van der Waals surface area contributed by atoms with E-state index in [1.807, 2.05) is 18.2 Å². The fourth-order valence-corrected chi connectivity index (χ4v) is 3.17. The van der Waals surface area contributed by atoms with Crippen molar-refractivity contribution in [3.63, 3.8) is 0 Å². The topological polar surface area (TPSA) is 78.1 Å². The maximum atomic E-state index is 12.7. The van der Waals surface area contributed by atoms with Crippen LogP contribution in [0.3, 0.4) is 0 Å². The monoisotopic (exact) mass is 422 g/mol. The lowest BCUT2D eigenvalue weighted by atomic mass is 9.95. The van der Waals surface area contributed by atoms with Crippen LogP contribution in [0.5, 0.6) is 11.5 Å². The smallest absolute Gasteiger partial charge is 0.338 e. The van der Waals surface area contributed by atoms with Crippen molar-refractivity contribution in [1.82, 2.24) is 10.6 Å². The molecule has 1 aliphatic rings. The van der Waals surface area contributed by atoms with Crippen molar-refractivity contribution in [3.05, 3.63) is 35.0 Å². The van der Waals surface area contributed by atoms with Gasteiger partial charge in [0.1, 0.15) is 6.61 Å². The zero-order chi connectivity index (χ0) is 21.4. The number of hydrogen-bond donors (Lipinski definition) is 2. The first-order valence-electron chi connectivity index (χ1n) is 9.62. The maximum absolute atomic E-state index is 12.7. The Balaban J connectivity index is 2.27. The van der Waals surface area contributed by atoms with Gasteiger partial charge in [-0.3, -0.25) is 0 Å². The van der Waals surface area contributed by atoms with Gasteiger partial charge in [-0.05, 0) is 49.2 Å². The van der Waals surface area contributed by atoms with Gasteiger partial charge in [0.15, 0.2) is 16.6 Å². The van der Waals surface area contributed by atoms with Crippen LogP contribution in [0.4, 0.5) is 0 Å². The second-order valence-corrected chi connectivity index (χ2v) is 7.55. The average molecular weight is 423 g/mol. The lowest BCUT2D eigenvalue weighted by Crippen LogP contribution is -2.45. The van der Waals surface area contributed by atoms with Crippen LogP contribution in [0, 0.1) is 5.92 Å². The van der Waals surface area contributed by atoms with Gasteiger partial charge in [-0.1, -0.05) is 19.9 Å². The van der Waals surface area contributed by atoms with Crippen LogP contribution in [0.1, 0.15) is 38.8 Å². The fourth-order valence-electron chi connectivity index (χ4n) is 2.90. The van der Waals surface area contributed by atoms with Gasteiger partial charge in [0.05, 0.1) is 31.9 Å². The average Bonchev–Trinajstić information content (AvgIpc) is 2.67. The number of methoxy groups -OCH3 is 2. The summed E-state index contributed by atoms with van der Waals surface area (Å²) in [4.78, 5) is 12.7. The van der Waals surface area contributed by atoms with Crippen LogP contribution in [-0.4, -0.2) is 45.1 Å². The highest BCUT2D eigenvalue weighted by Gasteiger charge is 2.31. The summed E-state index contributed by atoms with van der Waals surface area (Å²) >= 11 is 5.29. The Morgan fingerprint density at radius 1 is 1.17 bits per heavy atom. The van der Waals surface area contributed by atoms with Crippen molar-refractivity contribution < 1.29 is 23.7 Å². The van der Waals surface area contributed by atoms with Gasteiger partial charge in [-0.15, -0.1) is 0 Å². The van der Waals surface area contributed by atoms with E-state index in [1.54, 1.807) is 21.1 Å². The SMILES string of the molecule is COCCOC(=O)C1=C(C)NC(=S)N[C@@H]1c1ccc(OCCC(C)C)c(OC)c1. The predicted octanol–water partition coefficient (Wildman–Crippen LogP) is 3.10. The molecule has 0 aromatic heterocycles. The van der Waals surface area contributed by atoms with Gasteiger partial charge in [0.2, 0.25) is 0 Å². The molecule has 0 saturated heterocycles. The highest BCUT2D eigenvalue weighted by molar-refractivity contribution is 7.80. The minimum absolute atomic E-state index is 0.176. The van der Waals surface area contributed by atoms with Crippen molar-refractivity contribution in [2.24, 2.45) is 5.92 Å². The maximum Gasteiger partial charge on any atom is 0.338 e. The number of nitrogens with one attached hydrogen (secondary N) is 2. The lowest BCUT2D eigenvalue weighted by molar-refractivity contribution is -0.140. The first kappa shape index (κ1) is 23.0. The quantitative estimate of drug-likeness (QED) is 0.338. The Labute approximate surface area is 177 Å². The van der Waals surface area contributed by atoms with Gasteiger partial charge < -0.3 is 29.6 Å². The molecular weight excluding hydrogens is 392 g/mol. The molecule has 1 atom stereocenters. The van der Waals surface area contributed by atoms with E-state index in [2.05, 4.69) is 24.5 Å². The van der Waals surface area contributed by atoms with Crippen LogP contribution in [0.25, 0.3) is 0 Å². The Bertz CT molecular complexity index is 763. The van der Waals surface area contributed by atoms with E-state index in [1.165, 1.54) is 0 Å². The third-order valence-electron chi connectivity index (χ3n) is 4.48. The van der Waals surface area contributed by atoms with Crippen LogP contribution >= 0.6 is 12.2 Å².